The third-order valence-electron chi connectivity index (χ3n) is 4.14. The van der Waals surface area contributed by atoms with Crippen LogP contribution in [-0.4, -0.2) is 32.0 Å². The predicted molar refractivity (Wildman–Crippen MR) is 92.2 cm³/mol. The lowest BCUT2D eigenvalue weighted by Gasteiger charge is -2.16. The number of hydrogen-bond donors (Lipinski definition) is 3. The first-order chi connectivity index (χ1) is 10.5. The molecule has 0 aromatic heterocycles. The van der Waals surface area contributed by atoms with Crippen LogP contribution < -0.4 is 21.1 Å². The second kappa shape index (κ2) is 8.74. The van der Waals surface area contributed by atoms with Crippen molar-refractivity contribution < 1.29 is 14.3 Å². The summed E-state index contributed by atoms with van der Waals surface area (Å²) in [5.41, 5.74) is 6.86. The van der Waals surface area contributed by atoms with Crippen molar-refractivity contribution in [3.63, 3.8) is 0 Å². The highest BCUT2D eigenvalue weighted by Gasteiger charge is 2.26. The molecule has 0 unspecified atom stereocenters. The van der Waals surface area contributed by atoms with Crippen molar-refractivity contribution in [2.75, 3.05) is 19.5 Å². The monoisotopic (exact) mass is 341 g/mol. The van der Waals surface area contributed by atoms with Gasteiger partial charge in [-0.1, -0.05) is 6.42 Å². The van der Waals surface area contributed by atoms with Crippen molar-refractivity contribution in [3.8, 4) is 5.75 Å². The van der Waals surface area contributed by atoms with E-state index in [0.29, 0.717) is 23.4 Å². The van der Waals surface area contributed by atoms with Crippen molar-refractivity contribution in [3.05, 3.63) is 23.8 Å². The maximum Gasteiger partial charge on any atom is 0.253 e. The van der Waals surface area contributed by atoms with Gasteiger partial charge in [-0.2, -0.15) is 0 Å². The molecule has 0 bridgehead atoms. The molecule has 2 rings (SSSR count). The zero-order valence-corrected chi connectivity index (χ0v) is 14.2. The fraction of sp³-hybridized carbons (Fsp3) is 0.500. The van der Waals surface area contributed by atoms with E-state index in [-0.39, 0.29) is 36.2 Å². The van der Waals surface area contributed by atoms with Gasteiger partial charge in [-0.15, -0.1) is 12.4 Å². The molecule has 1 fully saturated rings. The molecule has 1 saturated carbocycles. The molecular weight excluding hydrogens is 318 g/mol. The molecule has 23 heavy (non-hydrogen) atoms. The number of nitrogens with one attached hydrogen (secondary N) is 2. The molecular formula is C16H24ClN3O3. The van der Waals surface area contributed by atoms with Crippen molar-refractivity contribution >= 4 is 29.9 Å². The molecule has 0 aliphatic heterocycles. The highest BCUT2D eigenvalue weighted by atomic mass is 35.5. The maximum absolute atomic E-state index is 12.2. The van der Waals surface area contributed by atoms with Gasteiger partial charge >= 0.3 is 0 Å². The van der Waals surface area contributed by atoms with Gasteiger partial charge in [0.05, 0.1) is 18.4 Å². The van der Waals surface area contributed by atoms with E-state index in [0.717, 1.165) is 19.3 Å². The smallest absolute Gasteiger partial charge is 0.253 e. The zero-order valence-electron chi connectivity index (χ0n) is 13.4. The van der Waals surface area contributed by atoms with E-state index in [4.69, 9.17) is 10.5 Å². The van der Waals surface area contributed by atoms with Gasteiger partial charge in [0.15, 0.2) is 0 Å². The van der Waals surface area contributed by atoms with E-state index < -0.39 is 0 Å². The number of hydrogen-bond acceptors (Lipinski definition) is 4. The Bertz CT molecular complexity index is 566. The first kappa shape index (κ1) is 19.3. The molecule has 0 heterocycles. The lowest BCUT2D eigenvalue weighted by Crippen LogP contribution is -2.29. The van der Waals surface area contributed by atoms with E-state index >= 15 is 0 Å². The Balaban J connectivity index is 0.00000264. The number of halogens is 1. The standard InChI is InChI=1S/C16H23N3O3.ClH/c1-18-16(21)12-9-11(22-2)6-7-14(12)19-15(20)8-10-4-3-5-13(10)17;/h6-7,9-10,13H,3-5,8,17H2,1-2H3,(H,18,21)(H,19,20);1H/t10-,13+;/m0./s1. The second-order valence-electron chi connectivity index (χ2n) is 5.60. The highest BCUT2D eigenvalue weighted by Crippen LogP contribution is 2.28. The Hall–Kier alpha value is -1.79. The van der Waals surface area contributed by atoms with Crippen LogP contribution in [0.3, 0.4) is 0 Å². The second-order valence-corrected chi connectivity index (χ2v) is 5.60. The van der Waals surface area contributed by atoms with Crippen LogP contribution in [-0.2, 0) is 4.79 Å². The van der Waals surface area contributed by atoms with Crippen LogP contribution in [0.15, 0.2) is 18.2 Å². The summed E-state index contributed by atoms with van der Waals surface area (Å²) in [7, 11) is 3.08. The van der Waals surface area contributed by atoms with Gasteiger partial charge in [-0.05, 0) is 37.0 Å². The molecule has 1 aliphatic rings. The molecule has 1 aromatic carbocycles. The van der Waals surface area contributed by atoms with Gasteiger partial charge in [0.2, 0.25) is 5.91 Å². The number of nitrogens with two attached hydrogens (primary N) is 1. The SMILES string of the molecule is CNC(=O)c1cc(OC)ccc1NC(=O)C[C@@H]1CCC[C@H]1N.Cl. The normalized spacial score (nSPS) is 19.6. The molecule has 1 aromatic rings. The number of methoxy groups -OCH3 is 1. The quantitative estimate of drug-likeness (QED) is 0.762. The van der Waals surface area contributed by atoms with Crippen molar-refractivity contribution in [2.24, 2.45) is 11.7 Å². The van der Waals surface area contributed by atoms with Gasteiger partial charge in [0.25, 0.3) is 5.91 Å². The molecule has 0 spiro atoms. The third kappa shape index (κ3) is 4.84. The summed E-state index contributed by atoms with van der Waals surface area (Å²) in [6.45, 7) is 0. The Kier molecular flexibility index (Phi) is 7.32. The number of rotatable bonds is 5. The molecule has 2 atom stereocenters. The van der Waals surface area contributed by atoms with Gasteiger partial charge in [-0.25, -0.2) is 0 Å². The van der Waals surface area contributed by atoms with E-state index in [1.54, 1.807) is 25.2 Å². The summed E-state index contributed by atoms with van der Waals surface area (Å²) in [6.07, 6.45) is 3.43. The minimum Gasteiger partial charge on any atom is -0.497 e. The fourth-order valence-electron chi connectivity index (χ4n) is 2.84. The number of carbonyl (C=O) groups is 2. The van der Waals surface area contributed by atoms with E-state index in [2.05, 4.69) is 10.6 Å². The maximum atomic E-state index is 12.2. The Morgan fingerprint density at radius 3 is 2.65 bits per heavy atom. The number of ether oxygens (including phenoxy) is 1. The van der Waals surface area contributed by atoms with Gasteiger partial charge in [0.1, 0.15) is 5.75 Å². The largest absolute Gasteiger partial charge is 0.497 e. The van der Waals surface area contributed by atoms with Gasteiger partial charge in [-0.3, -0.25) is 9.59 Å². The Labute approximate surface area is 142 Å². The van der Waals surface area contributed by atoms with Crippen LogP contribution in [0.4, 0.5) is 5.69 Å². The van der Waals surface area contributed by atoms with Crippen LogP contribution in [0.5, 0.6) is 5.75 Å². The summed E-state index contributed by atoms with van der Waals surface area (Å²) in [5.74, 6) is 0.403. The minimum atomic E-state index is -0.272. The third-order valence-corrected chi connectivity index (χ3v) is 4.14. The molecule has 0 radical (unpaired) electrons. The lowest BCUT2D eigenvalue weighted by atomic mass is 9.99. The Morgan fingerprint density at radius 1 is 1.35 bits per heavy atom. The first-order valence-corrected chi connectivity index (χ1v) is 7.50. The predicted octanol–water partition coefficient (Wildman–Crippen LogP) is 1.93. The summed E-state index contributed by atoms with van der Waals surface area (Å²) < 4.78 is 5.12. The van der Waals surface area contributed by atoms with Crippen molar-refractivity contribution in [1.82, 2.24) is 5.32 Å². The highest BCUT2D eigenvalue weighted by molar-refractivity contribution is 6.04. The van der Waals surface area contributed by atoms with Crippen molar-refractivity contribution in [2.45, 2.75) is 31.7 Å². The molecule has 0 saturated heterocycles. The lowest BCUT2D eigenvalue weighted by molar-refractivity contribution is -0.117. The average Bonchev–Trinajstić information content (AvgIpc) is 2.92. The van der Waals surface area contributed by atoms with E-state index in [9.17, 15) is 9.59 Å². The van der Waals surface area contributed by atoms with E-state index in [1.807, 2.05) is 0 Å². The molecule has 128 valence electrons. The first-order valence-electron chi connectivity index (χ1n) is 7.50. The molecule has 4 N–H and O–H groups in total. The summed E-state index contributed by atoms with van der Waals surface area (Å²) in [5, 5.41) is 5.37. The number of benzene rings is 1. The molecule has 6 nitrogen and oxygen atoms in total. The topological polar surface area (TPSA) is 93.5 Å². The fourth-order valence-corrected chi connectivity index (χ4v) is 2.84. The number of anilines is 1. The van der Waals surface area contributed by atoms with Crippen LogP contribution >= 0.6 is 12.4 Å². The molecule has 7 heteroatoms. The minimum absolute atomic E-state index is 0. The number of amides is 2. The summed E-state index contributed by atoms with van der Waals surface area (Å²) in [4.78, 5) is 24.1. The summed E-state index contributed by atoms with van der Waals surface area (Å²) in [6, 6.07) is 5.09. The van der Waals surface area contributed by atoms with Crippen LogP contribution in [0.1, 0.15) is 36.0 Å². The number of carbonyl (C=O) groups excluding carboxylic acids is 2. The van der Waals surface area contributed by atoms with Crippen molar-refractivity contribution in [1.29, 1.82) is 0 Å². The van der Waals surface area contributed by atoms with Crippen LogP contribution in [0, 0.1) is 5.92 Å². The Morgan fingerprint density at radius 2 is 2.09 bits per heavy atom. The molecule has 2 amide bonds. The van der Waals surface area contributed by atoms with Gasteiger partial charge in [0, 0.05) is 19.5 Å². The van der Waals surface area contributed by atoms with Gasteiger partial charge < -0.3 is 21.1 Å². The molecule has 1 aliphatic carbocycles. The van der Waals surface area contributed by atoms with Crippen LogP contribution in [0.25, 0.3) is 0 Å². The zero-order chi connectivity index (χ0) is 16.1. The van der Waals surface area contributed by atoms with E-state index in [1.165, 1.54) is 7.11 Å². The summed E-state index contributed by atoms with van der Waals surface area (Å²) >= 11 is 0. The average molecular weight is 342 g/mol. The van der Waals surface area contributed by atoms with Crippen LogP contribution in [0.2, 0.25) is 0 Å².